The van der Waals surface area contributed by atoms with Crippen molar-refractivity contribution < 1.29 is 24.2 Å². The van der Waals surface area contributed by atoms with Gasteiger partial charge in [-0.3, -0.25) is 0 Å². The number of benzene rings is 2. The van der Waals surface area contributed by atoms with Crippen LogP contribution < -0.4 is 0 Å². The van der Waals surface area contributed by atoms with Crippen LogP contribution in [-0.2, 0) is 9.53 Å². The molecule has 2 N–H and O–H groups in total. The molecule has 0 aliphatic carbocycles. The van der Waals surface area contributed by atoms with Gasteiger partial charge in [0.05, 0.1) is 0 Å². The summed E-state index contributed by atoms with van der Waals surface area (Å²) >= 11 is 1.35. The van der Waals surface area contributed by atoms with Gasteiger partial charge in [-0.1, -0.05) is 72.4 Å². The number of esters is 1. The van der Waals surface area contributed by atoms with E-state index >= 15 is 0 Å². The molecule has 0 saturated heterocycles. The predicted molar refractivity (Wildman–Crippen MR) is 105 cm³/mol. The number of hydrogen-bond donors (Lipinski definition) is 2. The molecule has 28 heavy (non-hydrogen) atoms. The minimum absolute atomic E-state index is 0.329. The Bertz CT molecular complexity index is 957. The third-order valence-corrected chi connectivity index (χ3v) is 5.15. The molecule has 4 rings (SSSR count). The fourth-order valence-corrected chi connectivity index (χ4v) is 3.69. The first-order valence-electron chi connectivity index (χ1n) is 8.71. The molecule has 2 aromatic carbocycles. The fourth-order valence-electron chi connectivity index (χ4n) is 2.89. The predicted octanol–water partition coefficient (Wildman–Crippen LogP) is 4.74. The van der Waals surface area contributed by atoms with E-state index in [9.17, 15) is 15.0 Å². The van der Waals surface area contributed by atoms with Crippen LogP contribution in [0.2, 0.25) is 0 Å². The van der Waals surface area contributed by atoms with Crippen molar-refractivity contribution in [2.75, 3.05) is 5.75 Å². The highest BCUT2D eigenvalue weighted by Gasteiger charge is 2.34. The smallest absolute Gasteiger partial charge is 0.377 e. The van der Waals surface area contributed by atoms with Crippen molar-refractivity contribution in [3.8, 4) is 22.6 Å². The maximum absolute atomic E-state index is 11.3. The van der Waals surface area contributed by atoms with Gasteiger partial charge in [-0.15, -0.1) is 0 Å². The second-order valence-corrected chi connectivity index (χ2v) is 7.20. The molecule has 1 aliphatic rings. The Kier molecular flexibility index (Phi) is 5.08. The van der Waals surface area contributed by atoms with Crippen LogP contribution in [-0.4, -0.2) is 33.0 Å². The molecule has 0 spiro atoms. The van der Waals surface area contributed by atoms with Gasteiger partial charge in [0, 0.05) is 23.3 Å². The third kappa shape index (κ3) is 3.61. The number of aromatic nitrogens is 1. The van der Waals surface area contributed by atoms with Gasteiger partial charge in [0.15, 0.2) is 17.6 Å². The number of rotatable bonds is 6. The lowest BCUT2D eigenvalue weighted by molar-refractivity contribution is -0.142. The van der Waals surface area contributed by atoms with Crippen molar-refractivity contribution in [3.63, 3.8) is 0 Å². The molecule has 1 unspecified atom stereocenters. The Morgan fingerprint density at radius 3 is 2.21 bits per heavy atom. The molecule has 0 radical (unpaired) electrons. The minimum Gasteiger partial charge on any atom is -0.505 e. The lowest BCUT2D eigenvalue weighted by Gasteiger charge is -2.07. The Hall–Kier alpha value is -3.19. The largest absolute Gasteiger partial charge is 0.505 e. The number of aliphatic hydroxyl groups is 2. The Morgan fingerprint density at radius 2 is 1.61 bits per heavy atom. The summed E-state index contributed by atoms with van der Waals surface area (Å²) in [6.45, 7) is 0. The monoisotopic (exact) mass is 395 g/mol. The summed E-state index contributed by atoms with van der Waals surface area (Å²) in [4.78, 5) is 15.9. The molecule has 1 atom stereocenters. The van der Waals surface area contributed by atoms with E-state index in [4.69, 9.17) is 9.15 Å². The lowest BCUT2D eigenvalue weighted by Crippen LogP contribution is -2.12. The van der Waals surface area contributed by atoms with Gasteiger partial charge < -0.3 is 19.4 Å². The van der Waals surface area contributed by atoms with Crippen LogP contribution in [0.15, 0.2) is 81.8 Å². The van der Waals surface area contributed by atoms with Crippen LogP contribution in [0, 0.1) is 0 Å². The lowest BCUT2D eigenvalue weighted by atomic mass is 10.1. The van der Waals surface area contributed by atoms with Crippen LogP contribution >= 0.6 is 11.8 Å². The standard InChI is InChI=1S/C21H17NO5S/c23-17-15(26-20(25)18(17)24)11-12-28-21-22-16(13-7-3-1-4-8-13)19(27-21)14-9-5-2-6-10-14/h1-10,15,23-24H,11-12H2. The van der Waals surface area contributed by atoms with Crippen LogP contribution in [0.25, 0.3) is 22.6 Å². The number of cyclic esters (lactones) is 1. The van der Waals surface area contributed by atoms with Gasteiger partial charge in [-0.2, -0.15) is 0 Å². The molecule has 7 heteroatoms. The van der Waals surface area contributed by atoms with Crippen LogP contribution in [0.4, 0.5) is 0 Å². The average molecular weight is 395 g/mol. The molecule has 142 valence electrons. The first-order chi connectivity index (χ1) is 13.6. The van der Waals surface area contributed by atoms with E-state index < -0.39 is 23.6 Å². The molecule has 1 aromatic heterocycles. The SMILES string of the molecule is O=C1OC(CCSc2nc(-c3ccccc3)c(-c3ccccc3)o2)C(O)=C1O. The first kappa shape index (κ1) is 18.2. The van der Waals surface area contributed by atoms with Gasteiger partial charge in [-0.25, -0.2) is 9.78 Å². The topological polar surface area (TPSA) is 92.8 Å². The quantitative estimate of drug-likeness (QED) is 0.460. The number of hydrogen-bond acceptors (Lipinski definition) is 7. The van der Waals surface area contributed by atoms with Gasteiger partial charge in [0.25, 0.3) is 5.22 Å². The normalized spacial score (nSPS) is 16.4. The van der Waals surface area contributed by atoms with E-state index in [1.165, 1.54) is 11.8 Å². The molecule has 2 heterocycles. The molecule has 0 bridgehead atoms. The summed E-state index contributed by atoms with van der Waals surface area (Å²) in [5.41, 5.74) is 2.63. The third-order valence-electron chi connectivity index (χ3n) is 4.29. The molecular formula is C21H17NO5S. The number of thioether (sulfide) groups is 1. The van der Waals surface area contributed by atoms with Crippen molar-refractivity contribution in [1.29, 1.82) is 0 Å². The molecule has 0 amide bonds. The van der Waals surface area contributed by atoms with Gasteiger partial charge in [0.1, 0.15) is 5.69 Å². The number of nitrogens with zero attached hydrogens (tertiary/aromatic N) is 1. The number of ether oxygens (including phenoxy) is 1. The summed E-state index contributed by atoms with van der Waals surface area (Å²) in [7, 11) is 0. The fraction of sp³-hybridized carbons (Fsp3) is 0.143. The van der Waals surface area contributed by atoms with Crippen LogP contribution in [0.1, 0.15) is 6.42 Å². The van der Waals surface area contributed by atoms with Crippen molar-refractivity contribution in [1.82, 2.24) is 4.98 Å². The number of carbonyl (C=O) groups excluding carboxylic acids is 1. The molecular weight excluding hydrogens is 378 g/mol. The van der Waals surface area contributed by atoms with E-state index in [-0.39, 0.29) is 0 Å². The highest BCUT2D eigenvalue weighted by molar-refractivity contribution is 7.99. The summed E-state index contributed by atoms with van der Waals surface area (Å²) < 4.78 is 10.9. The van der Waals surface area contributed by atoms with Crippen molar-refractivity contribution >= 4 is 17.7 Å². The Balaban J connectivity index is 1.54. The summed E-state index contributed by atoms with van der Waals surface area (Å²) in [6, 6.07) is 19.5. The molecule has 1 aliphatic heterocycles. The van der Waals surface area contributed by atoms with E-state index in [0.717, 1.165) is 16.8 Å². The van der Waals surface area contributed by atoms with Gasteiger partial charge in [-0.05, 0) is 0 Å². The van der Waals surface area contributed by atoms with Crippen molar-refractivity contribution in [2.45, 2.75) is 17.7 Å². The number of aliphatic hydroxyl groups excluding tert-OH is 2. The van der Waals surface area contributed by atoms with Gasteiger partial charge >= 0.3 is 5.97 Å². The summed E-state index contributed by atoms with van der Waals surface area (Å²) in [6.07, 6.45) is -0.507. The highest BCUT2D eigenvalue weighted by atomic mass is 32.2. The van der Waals surface area contributed by atoms with E-state index in [0.29, 0.717) is 23.2 Å². The first-order valence-corrected chi connectivity index (χ1v) is 9.69. The maximum Gasteiger partial charge on any atom is 0.377 e. The highest BCUT2D eigenvalue weighted by Crippen LogP contribution is 2.36. The van der Waals surface area contributed by atoms with Crippen molar-refractivity contribution in [3.05, 3.63) is 72.2 Å². The maximum atomic E-state index is 11.3. The zero-order valence-corrected chi connectivity index (χ0v) is 15.6. The Morgan fingerprint density at radius 1 is 0.964 bits per heavy atom. The second kappa shape index (κ2) is 7.82. The number of carbonyl (C=O) groups is 1. The van der Waals surface area contributed by atoms with E-state index in [1.54, 1.807) is 0 Å². The summed E-state index contributed by atoms with van der Waals surface area (Å²) in [5, 5.41) is 19.5. The van der Waals surface area contributed by atoms with E-state index in [2.05, 4.69) is 4.98 Å². The van der Waals surface area contributed by atoms with Gasteiger partial charge in [0.2, 0.25) is 5.76 Å². The second-order valence-electron chi connectivity index (χ2n) is 6.15. The zero-order chi connectivity index (χ0) is 19.5. The molecule has 0 saturated carbocycles. The minimum atomic E-state index is -0.902. The van der Waals surface area contributed by atoms with Crippen molar-refractivity contribution in [2.24, 2.45) is 0 Å². The average Bonchev–Trinajstić information content (AvgIpc) is 3.26. The molecule has 6 nitrogen and oxygen atoms in total. The van der Waals surface area contributed by atoms with Crippen LogP contribution in [0.5, 0.6) is 0 Å². The summed E-state index contributed by atoms with van der Waals surface area (Å²) in [5.74, 6) is -0.877. The Labute approximate surface area is 165 Å². The molecule has 0 fully saturated rings. The zero-order valence-electron chi connectivity index (χ0n) is 14.7. The number of oxazole rings is 1. The van der Waals surface area contributed by atoms with Crippen LogP contribution in [0.3, 0.4) is 0 Å². The van der Waals surface area contributed by atoms with E-state index in [1.807, 2.05) is 60.7 Å². The molecule has 3 aromatic rings.